The number of para-hydroxylation sites is 1. The number of carbonyl (C=O) groups excluding carboxylic acids is 2. The van der Waals surface area contributed by atoms with E-state index in [1.807, 2.05) is 61.5 Å². The number of aromatic nitrogens is 2. The van der Waals surface area contributed by atoms with Crippen molar-refractivity contribution in [2.24, 2.45) is 5.73 Å². The zero-order chi connectivity index (χ0) is 25.4. The van der Waals surface area contributed by atoms with E-state index in [4.69, 9.17) is 5.73 Å². The number of nitrogens with two attached hydrogens (primary N) is 1. The SMILES string of the molecule is CN(Cc1ccc(N(C)C)cc1)C(=O)CSc1nc2ccccc2c(=O)n1CCCCCC(N)=O. The number of nitrogens with zero attached hydrogens (tertiary/aromatic N) is 4. The van der Waals surface area contributed by atoms with Gasteiger partial charge in [-0.05, 0) is 42.7 Å². The molecule has 0 radical (unpaired) electrons. The highest BCUT2D eigenvalue weighted by Crippen LogP contribution is 2.20. The van der Waals surface area contributed by atoms with Gasteiger partial charge in [0.05, 0.1) is 16.7 Å². The fourth-order valence-electron chi connectivity index (χ4n) is 3.70. The monoisotopic (exact) mass is 495 g/mol. The molecule has 0 bridgehead atoms. The minimum atomic E-state index is -0.318. The molecule has 1 heterocycles. The second-order valence-electron chi connectivity index (χ2n) is 8.74. The van der Waals surface area contributed by atoms with Gasteiger partial charge in [-0.25, -0.2) is 4.98 Å². The fraction of sp³-hybridized carbons (Fsp3) is 0.385. The topological polar surface area (TPSA) is 102 Å². The van der Waals surface area contributed by atoms with E-state index in [-0.39, 0.29) is 23.1 Å². The summed E-state index contributed by atoms with van der Waals surface area (Å²) < 4.78 is 1.64. The van der Waals surface area contributed by atoms with Gasteiger partial charge in [0.2, 0.25) is 11.8 Å². The van der Waals surface area contributed by atoms with E-state index in [2.05, 4.69) is 4.98 Å². The zero-order valence-corrected chi connectivity index (χ0v) is 21.4. The number of rotatable bonds is 12. The molecule has 0 aliphatic rings. The average Bonchev–Trinajstić information content (AvgIpc) is 2.83. The van der Waals surface area contributed by atoms with Crippen LogP contribution in [-0.2, 0) is 22.7 Å². The van der Waals surface area contributed by atoms with Crippen molar-refractivity contribution in [2.45, 2.75) is 43.9 Å². The molecule has 2 aromatic carbocycles. The number of hydrogen-bond donors (Lipinski definition) is 1. The van der Waals surface area contributed by atoms with E-state index >= 15 is 0 Å². The Bertz CT molecular complexity index is 1220. The zero-order valence-electron chi connectivity index (χ0n) is 20.6. The molecule has 8 nitrogen and oxygen atoms in total. The summed E-state index contributed by atoms with van der Waals surface area (Å²) >= 11 is 1.28. The van der Waals surface area contributed by atoms with Crippen molar-refractivity contribution in [2.75, 3.05) is 31.8 Å². The number of amides is 2. The number of unbranched alkanes of at least 4 members (excludes halogenated alkanes) is 2. The molecule has 0 atom stereocenters. The van der Waals surface area contributed by atoms with Crippen molar-refractivity contribution >= 4 is 40.2 Å². The van der Waals surface area contributed by atoms with Gasteiger partial charge in [0.25, 0.3) is 5.56 Å². The quantitative estimate of drug-likeness (QED) is 0.235. The van der Waals surface area contributed by atoms with Crippen LogP contribution in [0.2, 0.25) is 0 Å². The summed E-state index contributed by atoms with van der Waals surface area (Å²) in [6.07, 6.45) is 2.52. The van der Waals surface area contributed by atoms with Crippen LogP contribution in [0.15, 0.2) is 58.5 Å². The second-order valence-corrected chi connectivity index (χ2v) is 9.69. The Balaban J connectivity index is 1.68. The van der Waals surface area contributed by atoms with Crippen LogP contribution >= 0.6 is 11.8 Å². The molecule has 3 rings (SSSR count). The highest BCUT2D eigenvalue weighted by Gasteiger charge is 2.15. The molecule has 9 heteroatoms. The third-order valence-electron chi connectivity index (χ3n) is 5.75. The van der Waals surface area contributed by atoms with Crippen LogP contribution in [0, 0.1) is 0 Å². The van der Waals surface area contributed by atoms with E-state index in [0.29, 0.717) is 42.0 Å². The van der Waals surface area contributed by atoms with Crippen molar-refractivity contribution in [1.29, 1.82) is 0 Å². The van der Waals surface area contributed by atoms with E-state index in [1.54, 1.807) is 22.6 Å². The number of benzene rings is 2. The summed E-state index contributed by atoms with van der Waals surface area (Å²) in [6, 6.07) is 15.3. The molecule has 0 saturated carbocycles. The predicted octanol–water partition coefficient (Wildman–Crippen LogP) is 3.26. The largest absolute Gasteiger partial charge is 0.378 e. The molecule has 1 aromatic heterocycles. The van der Waals surface area contributed by atoms with E-state index in [0.717, 1.165) is 24.1 Å². The van der Waals surface area contributed by atoms with Gasteiger partial charge in [-0.15, -0.1) is 0 Å². The van der Waals surface area contributed by atoms with Crippen LogP contribution in [0.25, 0.3) is 10.9 Å². The molecule has 0 fully saturated rings. The van der Waals surface area contributed by atoms with E-state index in [1.165, 1.54) is 11.8 Å². The Labute approximate surface area is 210 Å². The Morgan fingerprint density at radius 1 is 1.00 bits per heavy atom. The fourth-order valence-corrected chi connectivity index (χ4v) is 4.66. The smallest absolute Gasteiger partial charge is 0.262 e. The lowest BCUT2D eigenvalue weighted by Gasteiger charge is -2.19. The Hall–Kier alpha value is -3.33. The summed E-state index contributed by atoms with van der Waals surface area (Å²) in [5, 5.41) is 1.08. The third kappa shape index (κ3) is 7.32. The van der Waals surface area contributed by atoms with Crippen LogP contribution in [-0.4, -0.2) is 53.2 Å². The standard InChI is InChI=1S/C26H33N5O3S/c1-29(2)20-14-12-19(13-15-20)17-30(3)24(33)18-35-26-28-22-10-7-6-9-21(22)25(34)31(26)16-8-4-5-11-23(27)32/h6-7,9-10,12-15H,4-5,8,11,16-18H2,1-3H3,(H2,27,32). The lowest BCUT2D eigenvalue weighted by atomic mass is 10.2. The van der Waals surface area contributed by atoms with Crippen LogP contribution in [0.4, 0.5) is 5.69 Å². The van der Waals surface area contributed by atoms with Crippen LogP contribution in [0.3, 0.4) is 0 Å². The van der Waals surface area contributed by atoms with Crippen molar-refractivity contribution in [3.8, 4) is 0 Å². The van der Waals surface area contributed by atoms with Crippen molar-refractivity contribution in [3.63, 3.8) is 0 Å². The minimum Gasteiger partial charge on any atom is -0.378 e. The highest BCUT2D eigenvalue weighted by molar-refractivity contribution is 7.99. The summed E-state index contributed by atoms with van der Waals surface area (Å²) in [5.41, 5.74) is 7.87. The number of carbonyl (C=O) groups is 2. The molecule has 2 N–H and O–H groups in total. The molecule has 186 valence electrons. The van der Waals surface area contributed by atoms with Gasteiger partial charge in [-0.2, -0.15) is 0 Å². The summed E-state index contributed by atoms with van der Waals surface area (Å²) in [7, 11) is 5.76. The van der Waals surface area contributed by atoms with E-state index in [9.17, 15) is 14.4 Å². The maximum atomic E-state index is 13.2. The molecule has 0 aliphatic heterocycles. The van der Waals surface area contributed by atoms with Gasteiger partial charge in [-0.3, -0.25) is 19.0 Å². The first-order valence-corrected chi connectivity index (χ1v) is 12.7. The Kier molecular flexibility index (Phi) is 9.31. The van der Waals surface area contributed by atoms with E-state index < -0.39 is 0 Å². The summed E-state index contributed by atoms with van der Waals surface area (Å²) in [5.74, 6) is -0.178. The first-order chi connectivity index (χ1) is 16.8. The molecule has 2 amide bonds. The van der Waals surface area contributed by atoms with Crippen molar-refractivity contribution in [3.05, 3.63) is 64.4 Å². The molecule has 0 aliphatic carbocycles. The molecular formula is C26H33N5O3S. The maximum Gasteiger partial charge on any atom is 0.262 e. The molecule has 0 saturated heterocycles. The average molecular weight is 496 g/mol. The summed E-state index contributed by atoms with van der Waals surface area (Å²) in [6.45, 7) is 0.977. The molecular weight excluding hydrogens is 462 g/mol. The number of fused-ring (bicyclic) bond motifs is 1. The van der Waals surface area contributed by atoms with Crippen molar-refractivity contribution < 1.29 is 9.59 Å². The molecule has 0 unspecified atom stereocenters. The Morgan fingerprint density at radius 3 is 2.40 bits per heavy atom. The van der Waals surface area contributed by atoms with Gasteiger partial charge >= 0.3 is 0 Å². The van der Waals surface area contributed by atoms with Gasteiger partial charge in [0.15, 0.2) is 5.16 Å². The number of thioether (sulfide) groups is 1. The minimum absolute atomic E-state index is 0.0397. The maximum absolute atomic E-state index is 13.2. The van der Waals surface area contributed by atoms with Crippen LogP contribution in [0.5, 0.6) is 0 Å². The van der Waals surface area contributed by atoms with Crippen LogP contribution in [0.1, 0.15) is 31.2 Å². The second kappa shape index (κ2) is 12.4. The van der Waals surface area contributed by atoms with Gasteiger partial charge in [0, 0.05) is 46.3 Å². The van der Waals surface area contributed by atoms with Gasteiger partial charge in [0.1, 0.15) is 0 Å². The predicted molar refractivity (Wildman–Crippen MR) is 142 cm³/mol. The third-order valence-corrected chi connectivity index (χ3v) is 6.72. The first-order valence-electron chi connectivity index (χ1n) is 11.7. The lowest BCUT2D eigenvalue weighted by Crippen LogP contribution is -2.29. The number of hydrogen-bond acceptors (Lipinski definition) is 6. The summed E-state index contributed by atoms with van der Waals surface area (Å²) in [4.78, 5) is 45.4. The lowest BCUT2D eigenvalue weighted by molar-refractivity contribution is -0.127. The molecule has 3 aromatic rings. The van der Waals surface area contributed by atoms with Gasteiger partial charge in [-0.1, -0.05) is 42.4 Å². The number of anilines is 1. The molecule has 35 heavy (non-hydrogen) atoms. The van der Waals surface area contributed by atoms with Crippen molar-refractivity contribution in [1.82, 2.24) is 14.5 Å². The van der Waals surface area contributed by atoms with Gasteiger partial charge < -0.3 is 15.5 Å². The highest BCUT2D eigenvalue weighted by atomic mass is 32.2. The Morgan fingerprint density at radius 2 is 1.71 bits per heavy atom. The first kappa shape index (κ1) is 26.3. The normalized spacial score (nSPS) is 10.9. The molecule has 0 spiro atoms. The number of primary amides is 1. The van der Waals surface area contributed by atoms with Crippen LogP contribution < -0.4 is 16.2 Å².